The van der Waals surface area contributed by atoms with Crippen molar-refractivity contribution in [3.05, 3.63) is 62.7 Å². The normalized spacial score (nSPS) is 21.6. The monoisotopic (exact) mass is 446 g/mol. The summed E-state index contributed by atoms with van der Waals surface area (Å²) >= 11 is 0. The zero-order chi connectivity index (χ0) is 22.7. The Morgan fingerprint density at radius 2 is 1.84 bits per heavy atom. The van der Waals surface area contributed by atoms with Gasteiger partial charge in [0, 0.05) is 25.2 Å². The number of aromatic nitrogens is 2. The molecule has 3 heterocycles. The summed E-state index contributed by atoms with van der Waals surface area (Å²) in [5.41, 5.74) is -1.54. The fourth-order valence-electron chi connectivity index (χ4n) is 4.27. The van der Waals surface area contributed by atoms with Crippen molar-refractivity contribution in [2.75, 3.05) is 39.3 Å². The van der Waals surface area contributed by atoms with Crippen molar-refractivity contribution in [2.24, 2.45) is 0 Å². The summed E-state index contributed by atoms with van der Waals surface area (Å²) in [6.45, 7) is 3.68. The van der Waals surface area contributed by atoms with Crippen LogP contribution in [0.1, 0.15) is 35.7 Å². The molecule has 10 heteroatoms. The minimum Gasteiger partial charge on any atom is -0.492 e. The van der Waals surface area contributed by atoms with E-state index in [0.717, 1.165) is 30.4 Å². The van der Waals surface area contributed by atoms with Crippen molar-refractivity contribution in [1.29, 1.82) is 0 Å². The highest BCUT2D eigenvalue weighted by Gasteiger charge is 2.36. The third-order valence-electron chi connectivity index (χ3n) is 6.05. The molecule has 32 heavy (non-hydrogen) atoms. The van der Waals surface area contributed by atoms with Gasteiger partial charge in [-0.25, -0.2) is 4.79 Å². The van der Waals surface area contributed by atoms with E-state index in [1.54, 1.807) is 24.3 Å². The highest BCUT2D eigenvalue weighted by atomic mass is 19.1. The summed E-state index contributed by atoms with van der Waals surface area (Å²) in [6, 6.07) is 5.92. The number of nitrogens with one attached hydrogen (secondary N) is 1. The van der Waals surface area contributed by atoms with E-state index in [0.29, 0.717) is 17.9 Å². The van der Waals surface area contributed by atoms with E-state index < -0.39 is 29.2 Å². The van der Waals surface area contributed by atoms with E-state index in [1.165, 1.54) is 24.2 Å². The number of aliphatic hydroxyl groups excluding tert-OH is 1. The number of aromatic amines is 1. The lowest BCUT2D eigenvalue weighted by Crippen LogP contribution is -2.37. The van der Waals surface area contributed by atoms with E-state index in [1.807, 2.05) is 4.98 Å². The van der Waals surface area contributed by atoms with Crippen LogP contribution in [0.4, 0.5) is 4.39 Å². The van der Waals surface area contributed by atoms with Gasteiger partial charge >= 0.3 is 5.69 Å². The standard InChI is InChI=1S/C22H27FN4O5/c23-17-12-27(22(31)24-20(17)29)18-13-26(14-19(18)28)21(30)15-4-6-16(7-5-15)32-11-10-25-8-2-1-3-9-25/h4-7,12,18-19,28H,1-3,8-11,13-14H2,(H,24,29,31)/t18-,19-/m0/s1. The van der Waals surface area contributed by atoms with E-state index in [4.69, 9.17) is 4.74 Å². The number of likely N-dealkylation sites (tertiary alicyclic amines) is 2. The van der Waals surface area contributed by atoms with Crippen LogP contribution in [-0.2, 0) is 0 Å². The van der Waals surface area contributed by atoms with Crippen LogP contribution in [0.2, 0.25) is 0 Å². The lowest BCUT2D eigenvalue weighted by atomic mass is 10.1. The fraction of sp³-hybridized carbons (Fsp3) is 0.500. The number of hydrogen-bond acceptors (Lipinski definition) is 6. The highest BCUT2D eigenvalue weighted by Crippen LogP contribution is 2.23. The molecule has 2 aliphatic rings. The number of halogens is 1. The van der Waals surface area contributed by atoms with Crippen LogP contribution in [0, 0.1) is 5.82 Å². The maximum atomic E-state index is 13.6. The molecule has 1 amide bonds. The molecule has 0 spiro atoms. The molecule has 0 radical (unpaired) electrons. The highest BCUT2D eigenvalue weighted by molar-refractivity contribution is 5.94. The second-order valence-electron chi connectivity index (χ2n) is 8.26. The molecule has 2 fully saturated rings. The Morgan fingerprint density at radius 1 is 1.12 bits per heavy atom. The van der Waals surface area contributed by atoms with Gasteiger partial charge in [0.25, 0.3) is 11.5 Å². The molecule has 2 aromatic rings. The average Bonchev–Trinajstić information content (AvgIpc) is 3.18. The minimum absolute atomic E-state index is 0.00916. The first kappa shape index (κ1) is 22.2. The molecule has 1 aromatic heterocycles. The molecule has 0 unspecified atom stereocenters. The van der Waals surface area contributed by atoms with Crippen LogP contribution in [-0.4, -0.2) is 75.8 Å². The summed E-state index contributed by atoms with van der Waals surface area (Å²) in [5, 5.41) is 10.3. The van der Waals surface area contributed by atoms with Crippen molar-refractivity contribution in [1.82, 2.24) is 19.4 Å². The van der Waals surface area contributed by atoms with Crippen LogP contribution < -0.4 is 16.0 Å². The third kappa shape index (κ3) is 4.91. The third-order valence-corrected chi connectivity index (χ3v) is 6.05. The number of carbonyl (C=O) groups excluding carboxylic acids is 1. The summed E-state index contributed by atoms with van der Waals surface area (Å²) in [5.74, 6) is -0.769. The minimum atomic E-state index is -1.13. The topological polar surface area (TPSA) is 108 Å². The zero-order valence-electron chi connectivity index (χ0n) is 17.7. The lowest BCUT2D eigenvalue weighted by Gasteiger charge is -2.26. The predicted molar refractivity (Wildman–Crippen MR) is 114 cm³/mol. The molecule has 2 aliphatic heterocycles. The Hall–Kier alpha value is -2.98. The number of H-pyrrole nitrogens is 1. The summed E-state index contributed by atoms with van der Waals surface area (Å²) in [6.07, 6.45) is 3.45. The number of aliphatic hydroxyl groups is 1. The summed E-state index contributed by atoms with van der Waals surface area (Å²) in [7, 11) is 0. The molecule has 1 aromatic carbocycles. The van der Waals surface area contributed by atoms with E-state index in [2.05, 4.69) is 4.90 Å². The molecular weight excluding hydrogens is 419 g/mol. The number of carbonyl (C=O) groups is 1. The zero-order valence-corrected chi connectivity index (χ0v) is 17.7. The maximum Gasteiger partial charge on any atom is 0.328 e. The van der Waals surface area contributed by atoms with Crippen molar-refractivity contribution in [3.8, 4) is 5.75 Å². The number of amides is 1. The van der Waals surface area contributed by atoms with E-state index in [9.17, 15) is 23.9 Å². The Morgan fingerprint density at radius 3 is 2.56 bits per heavy atom. The Balaban J connectivity index is 1.35. The van der Waals surface area contributed by atoms with Crippen LogP contribution in [0.15, 0.2) is 40.1 Å². The van der Waals surface area contributed by atoms with Crippen LogP contribution >= 0.6 is 0 Å². The number of hydrogen-bond donors (Lipinski definition) is 2. The molecule has 0 aliphatic carbocycles. The summed E-state index contributed by atoms with van der Waals surface area (Å²) in [4.78, 5) is 41.8. The van der Waals surface area contributed by atoms with Crippen LogP contribution in [0.3, 0.4) is 0 Å². The van der Waals surface area contributed by atoms with Gasteiger partial charge in [0.1, 0.15) is 12.4 Å². The van der Waals surface area contributed by atoms with Gasteiger partial charge in [0.2, 0.25) is 5.82 Å². The molecule has 172 valence electrons. The van der Waals surface area contributed by atoms with Gasteiger partial charge in [0.05, 0.1) is 18.3 Å². The van der Waals surface area contributed by atoms with Gasteiger partial charge in [-0.3, -0.25) is 24.0 Å². The molecule has 4 rings (SSSR count). The number of rotatable bonds is 6. The largest absolute Gasteiger partial charge is 0.492 e. The molecule has 2 atom stereocenters. The van der Waals surface area contributed by atoms with Crippen LogP contribution in [0.25, 0.3) is 0 Å². The van der Waals surface area contributed by atoms with Gasteiger partial charge in [0.15, 0.2) is 0 Å². The van der Waals surface area contributed by atoms with Gasteiger partial charge in [-0.15, -0.1) is 0 Å². The average molecular weight is 446 g/mol. The number of nitrogens with zero attached hydrogens (tertiary/aromatic N) is 3. The molecule has 2 saturated heterocycles. The lowest BCUT2D eigenvalue weighted by molar-refractivity contribution is 0.0764. The number of ether oxygens (including phenoxy) is 1. The number of β-amino-alcohol motifs (C(OH)–C–C–N with tert-alkyl or cyclic N) is 1. The second-order valence-corrected chi connectivity index (χ2v) is 8.26. The van der Waals surface area contributed by atoms with Crippen molar-refractivity contribution in [2.45, 2.75) is 31.4 Å². The molecule has 0 bridgehead atoms. The first-order valence-electron chi connectivity index (χ1n) is 10.9. The van der Waals surface area contributed by atoms with Crippen molar-refractivity contribution < 1.29 is 19.0 Å². The predicted octanol–water partition coefficient (Wildman–Crippen LogP) is 0.598. The van der Waals surface area contributed by atoms with E-state index in [-0.39, 0.29) is 19.0 Å². The van der Waals surface area contributed by atoms with Crippen molar-refractivity contribution in [3.63, 3.8) is 0 Å². The van der Waals surface area contributed by atoms with Gasteiger partial charge in [-0.2, -0.15) is 4.39 Å². The smallest absolute Gasteiger partial charge is 0.328 e. The maximum absolute atomic E-state index is 13.6. The first-order valence-corrected chi connectivity index (χ1v) is 10.9. The van der Waals surface area contributed by atoms with Crippen LogP contribution in [0.5, 0.6) is 5.75 Å². The van der Waals surface area contributed by atoms with Crippen molar-refractivity contribution >= 4 is 5.91 Å². The van der Waals surface area contributed by atoms with Gasteiger partial charge in [-0.05, 0) is 50.2 Å². The summed E-state index contributed by atoms with van der Waals surface area (Å²) < 4.78 is 20.3. The Kier molecular flexibility index (Phi) is 6.71. The SMILES string of the molecule is O=C(c1ccc(OCCN2CCCCC2)cc1)N1C[C@H](O)[C@@H](n2cc(F)c(=O)[nH]c2=O)C1. The van der Waals surface area contributed by atoms with Gasteiger partial charge < -0.3 is 14.7 Å². The number of benzene rings is 1. The fourth-order valence-corrected chi connectivity index (χ4v) is 4.27. The Bertz CT molecular complexity index is 1060. The van der Waals surface area contributed by atoms with E-state index >= 15 is 0 Å². The molecule has 2 N–H and O–H groups in total. The molecule has 0 saturated carbocycles. The first-order chi connectivity index (χ1) is 15.4. The quantitative estimate of drug-likeness (QED) is 0.673. The second kappa shape index (κ2) is 9.66. The number of piperidine rings is 1. The molecular formula is C22H27FN4O5. The van der Waals surface area contributed by atoms with Gasteiger partial charge in [-0.1, -0.05) is 6.42 Å². The molecule has 9 nitrogen and oxygen atoms in total. The Labute approximate surface area is 184 Å².